The minimum atomic E-state index is -0.955. The summed E-state index contributed by atoms with van der Waals surface area (Å²) >= 11 is 0. The first-order valence-corrected chi connectivity index (χ1v) is 8.24. The van der Waals surface area contributed by atoms with Crippen LogP contribution in [0, 0.1) is 0 Å². The molecule has 0 aliphatic rings. The highest BCUT2D eigenvalue weighted by molar-refractivity contribution is 5.98. The molecule has 1 unspecified atom stereocenters. The lowest BCUT2D eigenvalue weighted by molar-refractivity contribution is -0.149. The highest BCUT2D eigenvalue weighted by Gasteiger charge is 2.18. The molecule has 0 heterocycles. The number of nitrogens with zero attached hydrogens (tertiary/aromatic N) is 1. The Kier molecular flexibility index (Phi) is 7.16. The van der Waals surface area contributed by atoms with E-state index in [1.165, 1.54) is 0 Å². The summed E-state index contributed by atoms with van der Waals surface area (Å²) in [5, 5.41) is 13.4. The van der Waals surface area contributed by atoms with Gasteiger partial charge < -0.3 is 14.7 Å². The van der Waals surface area contributed by atoms with Gasteiger partial charge in [-0.25, -0.2) is 4.79 Å². The highest BCUT2D eigenvalue weighted by Crippen LogP contribution is 2.12. The van der Waals surface area contributed by atoms with Crippen molar-refractivity contribution in [1.82, 2.24) is 0 Å². The third kappa shape index (κ3) is 6.04. The zero-order chi connectivity index (χ0) is 18.1. The molecule has 0 aliphatic carbocycles. The van der Waals surface area contributed by atoms with Gasteiger partial charge in [-0.1, -0.05) is 53.7 Å². The Bertz CT molecular complexity index is 713. The Labute approximate surface area is 147 Å². The first-order chi connectivity index (χ1) is 12.1. The van der Waals surface area contributed by atoms with Gasteiger partial charge >= 0.3 is 5.97 Å². The molecule has 0 aliphatic heterocycles. The Hall–Kier alpha value is -2.66. The molecular weight excluding hydrogens is 318 g/mol. The minimum absolute atomic E-state index is 0.315. The van der Waals surface area contributed by atoms with Gasteiger partial charge in [-0.15, -0.1) is 0 Å². The van der Waals surface area contributed by atoms with E-state index in [2.05, 4.69) is 5.16 Å². The molecule has 0 saturated carbocycles. The average molecular weight is 341 g/mol. The summed E-state index contributed by atoms with van der Waals surface area (Å²) in [6, 6.07) is 17.4. The van der Waals surface area contributed by atoms with Crippen LogP contribution in [0.1, 0.15) is 30.5 Å². The van der Waals surface area contributed by atoms with E-state index in [1.807, 2.05) is 61.5 Å². The van der Waals surface area contributed by atoms with Gasteiger partial charge in [-0.3, -0.25) is 0 Å². The van der Waals surface area contributed by atoms with Gasteiger partial charge in [0.25, 0.3) is 0 Å². The predicted octanol–water partition coefficient (Wildman–Crippen LogP) is 3.66. The zero-order valence-electron chi connectivity index (χ0n) is 14.5. The molecule has 5 nitrogen and oxygen atoms in total. The third-order valence-electron chi connectivity index (χ3n) is 3.68. The van der Waals surface area contributed by atoms with Crippen molar-refractivity contribution in [2.75, 3.05) is 6.61 Å². The molecule has 0 radical (unpaired) electrons. The molecule has 0 spiro atoms. The molecule has 2 aromatic rings. The molecule has 0 amide bonds. The molecular formula is C20H23NO4. The van der Waals surface area contributed by atoms with Crippen LogP contribution >= 0.6 is 0 Å². The quantitative estimate of drug-likeness (QED) is 0.558. The molecule has 0 fully saturated rings. The number of aliphatic carboxylic acids is 1. The molecule has 2 rings (SSSR count). The summed E-state index contributed by atoms with van der Waals surface area (Å²) in [6.07, 6.45) is -0.526. The first-order valence-electron chi connectivity index (χ1n) is 8.24. The maximum absolute atomic E-state index is 11.2. The lowest BCUT2D eigenvalue weighted by Crippen LogP contribution is -2.26. The van der Waals surface area contributed by atoms with Crippen molar-refractivity contribution in [2.45, 2.75) is 33.0 Å². The van der Waals surface area contributed by atoms with Crippen molar-refractivity contribution in [3.05, 3.63) is 71.3 Å². The number of hydrogen-bond acceptors (Lipinski definition) is 4. The minimum Gasteiger partial charge on any atom is -0.479 e. The molecule has 2 aromatic carbocycles. The van der Waals surface area contributed by atoms with Crippen LogP contribution < -0.4 is 0 Å². The number of ether oxygens (including phenoxy) is 1. The first kappa shape index (κ1) is 18.7. The van der Waals surface area contributed by atoms with Gasteiger partial charge in [0.1, 0.15) is 6.61 Å². The van der Waals surface area contributed by atoms with E-state index in [9.17, 15) is 9.90 Å². The van der Waals surface area contributed by atoms with Crippen molar-refractivity contribution < 1.29 is 19.5 Å². The smallest absolute Gasteiger partial charge is 0.333 e. The van der Waals surface area contributed by atoms with E-state index in [0.29, 0.717) is 19.6 Å². The molecule has 5 heteroatoms. The molecule has 0 aromatic heterocycles. The number of carbonyl (C=O) groups is 1. The van der Waals surface area contributed by atoms with Crippen LogP contribution in [0.5, 0.6) is 0 Å². The van der Waals surface area contributed by atoms with Gasteiger partial charge in [0, 0.05) is 13.0 Å². The highest BCUT2D eigenvalue weighted by atomic mass is 16.6. The Balaban J connectivity index is 2.01. The van der Waals surface area contributed by atoms with Crippen LogP contribution in [0.4, 0.5) is 0 Å². The fraction of sp³-hybridized carbons (Fsp3) is 0.300. The van der Waals surface area contributed by atoms with Gasteiger partial charge in [-0.05, 0) is 36.6 Å². The molecule has 1 atom stereocenters. The Morgan fingerprint density at radius 3 is 2.52 bits per heavy atom. The largest absolute Gasteiger partial charge is 0.479 e. The topological polar surface area (TPSA) is 68.1 Å². The van der Waals surface area contributed by atoms with Gasteiger partial charge in [0.2, 0.25) is 0 Å². The number of hydrogen-bond donors (Lipinski definition) is 1. The van der Waals surface area contributed by atoms with Crippen LogP contribution in [-0.2, 0) is 27.4 Å². The maximum atomic E-state index is 11.2. The van der Waals surface area contributed by atoms with E-state index in [-0.39, 0.29) is 0 Å². The van der Waals surface area contributed by atoms with Crippen molar-refractivity contribution in [3.63, 3.8) is 0 Å². The summed E-state index contributed by atoms with van der Waals surface area (Å²) in [7, 11) is 0. The number of carboxylic acids is 1. The van der Waals surface area contributed by atoms with Crippen LogP contribution in [-0.4, -0.2) is 29.5 Å². The summed E-state index contributed by atoms with van der Waals surface area (Å²) in [4.78, 5) is 16.6. The maximum Gasteiger partial charge on any atom is 0.333 e. The normalized spacial score (nSPS) is 12.6. The second-order valence-corrected chi connectivity index (χ2v) is 5.62. The zero-order valence-corrected chi connectivity index (χ0v) is 14.5. The molecule has 132 valence electrons. The van der Waals surface area contributed by atoms with Crippen LogP contribution in [0.25, 0.3) is 0 Å². The van der Waals surface area contributed by atoms with E-state index in [4.69, 9.17) is 9.57 Å². The Morgan fingerprint density at radius 2 is 1.84 bits per heavy atom. The van der Waals surface area contributed by atoms with E-state index in [0.717, 1.165) is 22.4 Å². The molecule has 0 bridgehead atoms. The van der Waals surface area contributed by atoms with Crippen molar-refractivity contribution in [2.24, 2.45) is 5.16 Å². The van der Waals surface area contributed by atoms with Gasteiger partial charge in [0.05, 0.1) is 5.71 Å². The lowest BCUT2D eigenvalue weighted by Gasteiger charge is -2.13. The van der Waals surface area contributed by atoms with Crippen molar-refractivity contribution >= 4 is 11.7 Å². The molecule has 1 N–H and O–H groups in total. The second kappa shape index (κ2) is 9.59. The Morgan fingerprint density at radius 1 is 1.12 bits per heavy atom. The van der Waals surface area contributed by atoms with E-state index in [1.54, 1.807) is 6.92 Å². The number of rotatable bonds is 9. The van der Waals surface area contributed by atoms with Crippen molar-refractivity contribution in [1.29, 1.82) is 0 Å². The fourth-order valence-electron chi connectivity index (χ4n) is 2.39. The summed E-state index contributed by atoms with van der Waals surface area (Å²) in [6.45, 7) is 4.42. The monoisotopic (exact) mass is 341 g/mol. The fourth-order valence-corrected chi connectivity index (χ4v) is 2.39. The molecule has 0 saturated heterocycles. The third-order valence-corrected chi connectivity index (χ3v) is 3.68. The summed E-state index contributed by atoms with van der Waals surface area (Å²) < 4.78 is 5.27. The predicted molar refractivity (Wildman–Crippen MR) is 96.6 cm³/mol. The lowest BCUT2D eigenvalue weighted by atomic mass is 10.0. The summed E-state index contributed by atoms with van der Waals surface area (Å²) in [5.74, 6) is -0.955. The van der Waals surface area contributed by atoms with E-state index < -0.39 is 12.1 Å². The van der Waals surface area contributed by atoms with Crippen LogP contribution in [0.3, 0.4) is 0 Å². The summed E-state index contributed by atoms with van der Waals surface area (Å²) in [5.41, 5.74) is 3.57. The SMILES string of the molecule is CCOC(Cc1cccc(/C(C)=N/OCc2ccccc2)c1)C(=O)O. The van der Waals surface area contributed by atoms with Crippen LogP contribution in [0.15, 0.2) is 59.8 Å². The number of benzene rings is 2. The molecule has 25 heavy (non-hydrogen) atoms. The second-order valence-electron chi connectivity index (χ2n) is 5.62. The average Bonchev–Trinajstić information content (AvgIpc) is 2.62. The van der Waals surface area contributed by atoms with Crippen LogP contribution in [0.2, 0.25) is 0 Å². The number of carboxylic acid groups (broad SMARTS) is 1. The standard InChI is InChI=1S/C20H23NO4/c1-3-24-19(20(22)23)13-17-10-7-11-18(12-17)15(2)21-25-14-16-8-5-4-6-9-16/h4-12,19H,3,13-14H2,1-2H3,(H,22,23)/b21-15+. The number of oxime groups is 1. The van der Waals surface area contributed by atoms with Gasteiger partial charge in [-0.2, -0.15) is 0 Å². The van der Waals surface area contributed by atoms with Crippen molar-refractivity contribution in [3.8, 4) is 0 Å². The van der Waals surface area contributed by atoms with Gasteiger partial charge in [0.15, 0.2) is 6.10 Å². The van der Waals surface area contributed by atoms with E-state index >= 15 is 0 Å².